The molecule has 0 atom stereocenters. The summed E-state index contributed by atoms with van der Waals surface area (Å²) < 4.78 is 0. The predicted molar refractivity (Wildman–Crippen MR) is 52.3 cm³/mol. The molecule has 0 heterocycles. The summed E-state index contributed by atoms with van der Waals surface area (Å²) in [6.45, 7) is 4.59. The highest BCUT2D eigenvalue weighted by molar-refractivity contribution is 5.78. The zero-order valence-corrected chi connectivity index (χ0v) is 8.25. The molecular formula is C9H19N3O. The lowest BCUT2D eigenvalue weighted by atomic mass is 10.4. The minimum atomic E-state index is 0.207. The van der Waals surface area contributed by atoms with E-state index in [4.69, 9.17) is 5.73 Å². The molecule has 13 heavy (non-hydrogen) atoms. The number of hydrogen-bond acceptors (Lipinski definition) is 3. The van der Waals surface area contributed by atoms with Crippen LogP contribution in [0.15, 0.2) is 0 Å². The van der Waals surface area contributed by atoms with Crippen LogP contribution in [0.1, 0.15) is 19.8 Å². The van der Waals surface area contributed by atoms with E-state index in [1.165, 1.54) is 12.8 Å². The number of carbonyl (C=O) groups excluding carboxylic acids is 1. The predicted octanol–water partition coefficient (Wildman–Crippen LogP) is -0.454. The number of rotatable bonds is 6. The number of nitrogens with one attached hydrogen (secondary N) is 1. The highest BCUT2D eigenvalue weighted by Crippen LogP contribution is 2.26. The van der Waals surface area contributed by atoms with Crippen molar-refractivity contribution in [2.24, 2.45) is 5.73 Å². The Morgan fingerprint density at radius 1 is 1.62 bits per heavy atom. The van der Waals surface area contributed by atoms with E-state index in [1.54, 1.807) is 0 Å². The van der Waals surface area contributed by atoms with E-state index in [-0.39, 0.29) is 5.91 Å². The smallest absolute Gasteiger partial charge is 0.236 e. The third-order valence-electron chi connectivity index (χ3n) is 2.25. The Bertz CT molecular complexity index is 168. The molecular weight excluding hydrogens is 166 g/mol. The van der Waals surface area contributed by atoms with Crippen LogP contribution in [0, 0.1) is 0 Å². The highest BCUT2D eigenvalue weighted by Gasteiger charge is 2.30. The zero-order valence-electron chi connectivity index (χ0n) is 8.25. The van der Waals surface area contributed by atoms with E-state index in [2.05, 4.69) is 5.32 Å². The average molecular weight is 185 g/mol. The second kappa shape index (κ2) is 5.19. The van der Waals surface area contributed by atoms with Crippen molar-refractivity contribution in [3.63, 3.8) is 0 Å². The molecule has 0 aromatic rings. The number of nitrogens with zero attached hydrogens (tertiary/aromatic N) is 1. The van der Waals surface area contributed by atoms with Gasteiger partial charge in [-0.1, -0.05) is 0 Å². The largest absolute Gasteiger partial charge is 0.339 e. The summed E-state index contributed by atoms with van der Waals surface area (Å²) in [7, 11) is 0. The van der Waals surface area contributed by atoms with Gasteiger partial charge in [-0.3, -0.25) is 4.79 Å². The maximum Gasteiger partial charge on any atom is 0.236 e. The first-order chi connectivity index (χ1) is 6.29. The van der Waals surface area contributed by atoms with Gasteiger partial charge in [0.1, 0.15) is 0 Å². The van der Waals surface area contributed by atoms with Gasteiger partial charge in [-0.15, -0.1) is 0 Å². The van der Waals surface area contributed by atoms with Gasteiger partial charge in [0.25, 0.3) is 0 Å². The van der Waals surface area contributed by atoms with Crippen LogP contribution < -0.4 is 11.1 Å². The molecule has 3 N–H and O–H groups in total. The number of likely N-dealkylation sites (N-methyl/N-ethyl adjacent to an activating group) is 1. The van der Waals surface area contributed by atoms with Crippen LogP contribution in [0.25, 0.3) is 0 Å². The summed E-state index contributed by atoms with van der Waals surface area (Å²) >= 11 is 0. The van der Waals surface area contributed by atoms with Crippen LogP contribution >= 0.6 is 0 Å². The van der Waals surface area contributed by atoms with Crippen LogP contribution in [-0.2, 0) is 4.79 Å². The Labute approximate surface area is 79.5 Å². The molecule has 0 unspecified atom stereocenters. The minimum absolute atomic E-state index is 0.207. The molecule has 0 radical (unpaired) electrons. The van der Waals surface area contributed by atoms with Gasteiger partial charge in [-0.2, -0.15) is 0 Å². The zero-order chi connectivity index (χ0) is 9.68. The molecule has 1 amide bonds. The fourth-order valence-electron chi connectivity index (χ4n) is 1.42. The standard InChI is InChI=1S/C9H19N3O/c1-2-12(8-3-4-8)9(13)7-11-6-5-10/h8,11H,2-7,10H2,1H3. The van der Waals surface area contributed by atoms with Gasteiger partial charge in [0, 0.05) is 25.7 Å². The Hall–Kier alpha value is -0.610. The van der Waals surface area contributed by atoms with Gasteiger partial charge < -0.3 is 16.0 Å². The first kappa shape index (κ1) is 10.5. The average Bonchev–Trinajstić information content (AvgIpc) is 2.90. The van der Waals surface area contributed by atoms with Gasteiger partial charge in [0.05, 0.1) is 6.54 Å². The van der Waals surface area contributed by atoms with Crippen molar-refractivity contribution in [1.29, 1.82) is 0 Å². The number of hydrogen-bond donors (Lipinski definition) is 2. The van der Waals surface area contributed by atoms with E-state index in [0.717, 1.165) is 6.54 Å². The van der Waals surface area contributed by atoms with Crippen molar-refractivity contribution >= 4 is 5.91 Å². The number of amides is 1. The maximum absolute atomic E-state index is 11.6. The summed E-state index contributed by atoms with van der Waals surface area (Å²) in [6.07, 6.45) is 2.35. The van der Waals surface area contributed by atoms with Crippen molar-refractivity contribution in [2.45, 2.75) is 25.8 Å². The highest BCUT2D eigenvalue weighted by atomic mass is 16.2. The second-order valence-electron chi connectivity index (χ2n) is 3.38. The van der Waals surface area contributed by atoms with E-state index < -0.39 is 0 Å². The molecule has 0 bridgehead atoms. The third kappa shape index (κ3) is 3.32. The fourth-order valence-corrected chi connectivity index (χ4v) is 1.42. The Morgan fingerprint density at radius 2 is 2.31 bits per heavy atom. The van der Waals surface area contributed by atoms with E-state index in [1.807, 2.05) is 11.8 Å². The van der Waals surface area contributed by atoms with Crippen molar-refractivity contribution < 1.29 is 4.79 Å². The third-order valence-corrected chi connectivity index (χ3v) is 2.25. The first-order valence-corrected chi connectivity index (χ1v) is 4.99. The van der Waals surface area contributed by atoms with Crippen molar-refractivity contribution in [2.75, 3.05) is 26.2 Å². The van der Waals surface area contributed by atoms with Gasteiger partial charge in [-0.25, -0.2) is 0 Å². The van der Waals surface area contributed by atoms with E-state index >= 15 is 0 Å². The first-order valence-electron chi connectivity index (χ1n) is 4.99. The molecule has 1 fully saturated rings. The summed E-state index contributed by atoms with van der Waals surface area (Å²) in [5.74, 6) is 0.207. The molecule has 0 spiro atoms. The second-order valence-corrected chi connectivity index (χ2v) is 3.38. The molecule has 1 aliphatic rings. The molecule has 1 aliphatic carbocycles. The van der Waals surface area contributed by atoms with Gasteiger partial charge in [-0.05, 0) is 19.8 Å². The molecule has 0 aliphatic heterocycles. The van der Waals surface area contributed by atoms with Gasteiger partial charge >= 0.3 is 0 Å². The Morgan fingerprint density at radius 3 is 2.77 bits per heavy atom. The summed E-state index contributed by atoms with van der Waals surface area (Å²) in [5.41, 5.74) is 5.31. The quantitative estimate of drug-likeness (QED) is 0.551. The maximum atomic E-state index is 11.6. The summed E-state index contributed by atoms with van der Waals surface area (Å²) in [5, 5.41) is 3.02. The Balaban J connectivity index is 2.19. The molecule has 4 nitrogen and oxygen atoms in total. The molecule has 1 rings (SSSR count). The number of nitrogens with two attached hydrogens (primary N) is 1. The topological polar surface area (TPSA) is 58.4 Å². The van der Waals surface area contributed by atoms with Crippen LogP contribution in [0.4, 0.5) is 0 Å². The van der Waals surface area contributed by atoms with Crippen molar-refractivity contribution in [3.8, 4) is 0 Å². The van der Waals surface area contributed by atoms with Crippen LogP contribution in [0.3, 0.4) is 0 Å². The Kier molecular flexibility index (Phi) is 4.18. The van der Waals surface area contributed by atoms with Crippen LogP contribution in [0.5, 0.6) is 0 Å². The molecule has 1 saturated carbocycles. The molecule has 0 aromatic carbocycles. The SMILES string of the molecule is CCN(C(=O)CNCCN)C1CC1. The minimum Gasteiger partial charge on any atom is -0.339 e. The van der Waals surface area contributed by atoms with E-state index in [9.17, 15) is 4.79 Å². The summed E-state index contributed by atoms with van der Waals surface area (Å²) in [4.78, 5) is 13.5. The van der Waals surface area contributed by atoms with Gasteiger partial charge in [0.2, 0.25) is 5.91 Å². The lowest BCUT2D eigenvalue weighted by Gasteiger charge is -2.20. The van der Waals surface area contributed by atoms with E-state index in [0.29, 0.717) is 25.7 Å². The molecule has 0 aromatic heterocycles. The fraction of sp³-hybridized carbons (Fsp3) is 0.889. The van der Waals surface area contributed by atoms with Gasteiger partial charge in [0.15, 0.2) is 0 Å². The number of carbonyl (C=O) groups is 1. The molecule has 4 heteroatoms. The monoisotopic (exact) mass is 185 g/mol. The molecule has 0 saturated heterocycles. The lowest BCUT2D eigenvalue weighted by molar-refractivity contribution is -0.130. The van der Waals surface area contributed by atoms with Crippen LogP contribution in [-0.4, -0.2) is 43.0 Å². The van der Waals surface area contributed by atoms with Crippen molar-refractivity contribution in [3.05, 3.63) is 0 Å². The van der Waals surface area contributed by atoms with Crippen molar-refractivity contribution in [1.82, 2.24) is 10.2 Å². The normalized spacial score (nSPS) is 15.8. The lowest BCUT2D eigenvalue weighted by Crippen LogP contribution is -2.40. The molecule has 76 valence electrons. The van der Waals surface area contributed by atoms with Crippen LogP contribution in [0.2, 0.25) is 0 Å². The summed E-state index contributed by atoms with van der Waals surface area (Å²) in [6, 6.07) is 0.525.